The molecule has 1 aliphatic rings. The zero-order chi connectivity index (χ0) is 13.4. The van der Waals surface area contributed by atoms with Gasteiger partial charge in [-0.15, -0.1) is 0 Å². The van der Waals surface area contributed by atoms with E-state index >= 15 is 0 Å². The molecule has 4 N–H and O–H groups in total. The quantitative estimate of drug-likeness (QED) is 0.739. The number of nitrogen functional groups attached to an aromatic ring is 1. The van der Waals surface area contributed by atoms with E-state index in [9.17, 15) is 5.11 Å². The van der Waals surface area contributed by atoms with Crippen LogP contribution in [0.15, 0.2) is 18.3 Å². The van der Waals surface area contributed by atoms with E-state index < -0.39 is 0 Å². The van der Waals surface area contributed by atoms with E-state index in [0.29, 0.717) is 11.6 Å². The van der Waals surface area contributed by atoms with Crippen molar-refractivity contribution in [2.24, 2.45) is 0 Å². The summed E-state index contributed by atoms with van der Waals surface area (Å²) in [7, 11) is 0. The molecule has 0 spiro atoms. The number of anilines is 2. The minimum atomic E-state index is -0.206. The SMILES string of the molecule is N#Cc1cc2cnc(NC3CC(O)C3)cc2c(N)n1. The van der Waals surface area contributed by atoms with E-state index in [1.807, 2.05) is 12.1 Å². The summed E-state index contributed by atoms with van der Waals surface area (Å²) in [5.74, 6) is 1.04. The molecule has 6 heteroatoms. The van der Waals surface area contributed by atoms with Crippen LogP contribution < -0.4 is 11.1 Å². The maximum absolute atomic E-state index is 9.25. The molecular formula is C13H13N5O. The van der Waals surface area contributed by atoms with Gasteiger partial charge in [-0.25, -0.2) is 9.97 Å². The summed E-state index contributed by atoms with van der Waals surface area (Å²) in [5, 5.41) is 22.9. The molecule has 0 saturated heterocycles. The molecule has 0 bridgehead atoms. The molecule has 0 unspecified atom stereocenters. The Labute approximate surface area is 109 Å². The van der Waals surface area contributed by atoms with Gasteiger partial charge in [-0.2, -0.15) is 5.26 Å². The van der Waals surface area contributed by atoms with Gasteiger partial charge in [0.25, 0.3) is 0 Å². The van der Waals surface area contributed by atoms with Crippen LogP contribution in [-0.2, 0) is 0 Å². The number of fused-ring (bicyclic) bond motifs is 1. The maximum atomic E-state index is 9.25. The van der Waals surface area contributed by atoms with Gasteiger partial charge in [-0.3, -0.25) is 0 Å². The van der Waals surface area contributed by atoms with Crippen molar-refractivity contribution in [2.75, 3.05) is 11.1 Å². The summed E-state index contributed by atoms with van der Waals surface area (Å²) in [6, 6.07) is 5.71. The molecular weight excluding hydrogens is 242 g/mol. The summed E-state index contributed by atoms with van der Waals surface area (Å²) in [6.45, 7) is 0. The predicted molar refractivity (Wildman–Crippen MR) is 71.3 cm³/mol. The third-order valence-corrected chi connectivity index (χ3v) is 3.32. The van der Waals surface area contributed by atoms with Crippen molar-refractivity contribution in [1.82, 2.24) is 9.97 Å². The van der Waals surface area contributed by atoms with Crippen LogP contribution in [0.4, 0.5) is 11.6 Å². The fraction of sp³-hybridized carbons (Fsp3) is 0.308. The number of nitrogens with two attached hydrogens (primary N) is 1. The molecule has 0 radical (unpaired) electrons. The van der Waals surface area contributed by atoms with Crippen molar-refractivity contribution in [1.29, 1.82) is 5.26 Å². The van der Waals surface area contributed by atoms with Crippen LogP contribution in [0.2, 0.25) is 0 Å². The third kappa shape index (κ3) is 2.16. The van der Waals surface area contributed by atoms with E-state index in [4.69, 9.17) is 11.0 Å². The van der Waals surface area contributed by atoms with E-state index in [1.165, 1.54) is 0 Å². The number of aliphatic hydroxyl groups is 1. The number of nitrogens with one attached hydrogen (secondary N) is 1. The van der Waals surface area contributed by atoms with E-state index in [2.05, 4.69) is 15.3 Å². The fourth-order valence-corrected chi connectivity index (χ4v) is 2.22. The standard InChI is InChI=1S/C13H13N5O/c14-5-9-1-7-6-16-12(4-11(7)13(15)18-9)17-8-2-10(19)3-8/h1,4,6,8,10,19H,2-3H2,(H2,15,18)(H,16,17). The molecule has 2 aromatic heterocycles. The normalized spacial score (nSPS) is 21.7. The molecule has 2 heterocycles. The van der Waals surface area contributed by atoms with E-state index in [-0.39, 0.29) is 17.8 Å². The lowest BCUT2D eigenvalue weighted by atomic mass is 9.89. The van der Waals surface area contributed by atoms with Crippen LogP contribution in [0.5, 0.6) is 0 Å². The zero-order valence-corrected chi connectivity index (χ0v) is 10.2. The number of aromatic nitrogens is 2. The van der Waals surface area contributed by atoms with Gasteiger partial charge in [0.2, 0.25) is 0 Å². The van der Waals surface area contributed by atoms with Crippen molar-refractivity contribution in [3.8, 4) is 6.07 Å². The molecule has 96 valence electrons. The highest BCUT2D eigenvalue weighted by atomic mass is 16.3. The van der Waals surface area contributed by atoms with Gasteiger partial charge in [-0.1, -0.05) is 0 Å². The topological polar surface area (TPSA) is 108 Å². The molecule has 1 aliphatic carbocycles. The van der Waals surface area contributed by atoms with Gasteiger partial charge in [0.15, 0.2) is 0 Å². The Bertz CT molecular complexity index is 673. The second-order valence-electron chi connectivity index (χ2n) is 4.76. The monoisotopic (exact) mass is 255 g/mol. The molecule has 2 aromatic rings. The van der Waals surface area contributed by atoms with E-state index in [0.717, 1.165) is 23.6 Å². The first kappa shape index (κ1) is 11.7. The predicted octanol–water partition coefficient (Wildman–Crippen LogP) is 1.02. The van der Waals surface area contributed by atoms with Crippen LogP contribution in [0.1, 0.15) is 18.5 Å². The summed E-state index contributed by atoms with van der Waals surface area (Å²) in [5.41, 5.74) is 6.13. The number of aliphatic hydroxyl groups excluding tert-OH is 1. The van der Waals surface area contributed by atoms with Gasteiger partial charge in [0.1, 0.15) is 23.4 Å². The van der Waals surface area contributed by atoms with Crippen molar-refractivity contribution in [2.45, 2.75) is 25.0 Å². The summed E-state index contributed by atoms with van der Waals surface area (Å²) in [6.07, 6.45) is 2.94. The van der Waals surface area contributed by atoms with Crippen molar-refractivity contribution < 1.29 is 5.11 Å². The second-order valence-corrected chi connectivity index (χ2v) is 4.76. The third-order valence-electron chi connectivity index (χ3n) is 3.32. The Kier molecular flexibility index (Phi) is 2.69. The Morgan fingerprint density at radius 3 is 2.89 bits per heavy atom. The van der Waals surface area contributed by atoms with Crippen LogP contribution >= 0.6 is 0 Å². The van der Waals surface area contributed by atoms with Crippen LogP contribution in [0, 0.1) is 11.3 Å². The summed E-state index contributed by atoms with van der Waals surface area (Å²) >= 11 is 0. The van der Waals surface area contributed by atoms with Crippen LogP contribution in [0.3, 0.4) is 0 Å². The molecule has 6 nitrogen and oxygen atoms in total. The highest BCUT2D eigenvalue weighted by Gasteiger charge is 2.27. The van der Waals surface area contributed by atoms with Gasteiger partial charge < -0.3 is 16.2 Å². The number of nitrogens with zero attached hydrogens (tertiary/aromatic N) is 3. The minimum absolute atomic E-state index is 0.206. The van der Waals surface area contributed by atoms with Gasteiger partial charge >= 0.3 is 0 Å². The summed E-state index contributed by atoms with van der Waals surface area (Å²) < 4.78 is 0. The molecule has 1 fully saturated rings. The van der Waals surface area contributed by atoms with Crippen molar-refractivity contribution >= 4 is 22.4 Å². The number of nitriles is 1. The largest absolute Gasteiger partial charge is 0.393 e. The number of pyridine rings is 2. The molecule has 0 amide bonds. The van der Waals surface area contributed by atoms with E-state index in [1.54, 1.807) is 12.3 Å². The highest BCUT2D eigenvalue weighted by Crippen LogP contribution is 2.26. The molecule has 3 rings (SSSR count). The van der Waals surface area contributed by atoms with Gasteiger partial charge in [0, 0.05) is 23.0 Å². The lowest BCUT2D eigenvalue weighted by Gasteiger charge is -2.32. The number of rotatable bonds is 2. The molecule has 0 aromatic carbocycles. The minimum Gasteiger partial charge on any atom is -0.393 e. The Morgan fingerprint density at radius 2 is 2.21 bits per heavy atom. The lowest BCUT2D eigenvalue weighted by Crippen LogP contribution is -2.39. The molecule has 0 atom stereocenters. The molecule has 1 saturated carbocycles. The average Bonchev–Trinajstić information content (AvgIpc) is 2.37. The Morgan fingerprint density at radius 1 is 1.42 bits per heavy atom. The zero-order valence-electron chi connectivity index (χ0n) is 10.2. The average molecular weight is 255 g/mol. The first-order chi connectivity index (χ1) is 9.15. The Balaban J connectivity index is 1.92. The number of hydrogen-bond acceptors (Lipinski definition) is 6. The number of hydrogen-bond donors (Lipinski definition) is 3. The van der Waals surface area contributed by atoms with Crippen LogP contribution in [-0.4, -0.2) is 27.2 Å². The van der Waals surface area contributed by atoms with Gasteiger partial charge in [0.05, 0.1) is 6.10 Å². The summed E-state index contributed by atoms with van der Waals surface area (Å²) in [4.78, 5) is 8.29. The maximum Gasteiger partial charge on any atom is 0.143 e. The Hall–Kier alpha value is -2.39. The van der Waals surface area contributed by atoms with Crippen LogP contribution in [0.25, 0.3) is 10.8 Å². The van der Waals surface area contributed by atoms with Crippen molar-refractivity contribution in [3.05, 3.63) is 24.0 Å². The highest BCUT2D eigenvalue weighted by molar-refractivity contribution is 5.92. The smallest absolute Gasteiger partial charge is 0.143 e. The van der Waals surface area contributed by atoms with Gasteiger partial charge in [-0.05, 0) is 25.0 Å². The second kappa shape index (κ2) is 4.37. The molecule has 19 heavy (non-hydrogen) atoms. The molecule has 0 aliphatic heterocycles. The lowest BCUT2D eigenvalue weighted by molar-refractivity contribution is 0.0835. The van der Waals surface area contributed by atoms with Crippen molar-refractivity contribution in [3.63, 3.8) is 0 Å². The fourth-order valence-electron chi connectivity index (χ4n) is 2.22. The first-order valence-electron chi connectivity index (χ1n) is 6.06. The first-order valence-corrected chi connectivity index (χ1v) is 6.06.